The van der Waals surface area contributed by atoms with E-state index >= 15 is 0 Å². The van der Waals surface area contributed by atoms with Crippen molar-refractivity contribution in [3.05, 3.63) is 58.9 Å². The zero-order chi connectivity index (χ0) is 14.7. The first-order valence-corrected chi connectivity index (χ1v) is 6.52. The Morgan fingerprint density at radius 2 is 1.40 bits per heavy atom. The van der Waals surface area contributed by atoms with E-state index in [4.69, 9.17) is 0 Å². The van der Waals surface area contributed by atoms with Crippen LogP contribution < -0.4 is 0 Å². The molecule has 20 heavy (non-hydrogen) atoms. The number of benzene rings is 2. The highest BCUT2D eigenvalue weighted by molar-refractivity contribution is 7.99. The lowest BCUT2D eigenvalue weighted by Crippen LogP contribution is -1.95. The lowest BCUT2D eigenvalue weighted by molar-refractivity contribution is 0.277. The summed E-state index contributed by atoms with van der Waals surface area (Å²) in [5, 5.41) is 18.4. The third kappa shape index (κ3) is 3.15. The van der Waals surface area contributed by atoms with Gasteiger partial charge in [-0.2, -0.15) is 0 Å². The molecule has 0 aliphatic rings. The zero-order valence-electron chi connectivity index (χ0n) is 10.2. The average Bonchev–Trinajstić information content (AvgIpc) is 2.44. The molecular weight excluding hydrogens is 289 g/mol. The number of aliphatic hydroxyl groups excluding tert-OH is 2. The minimum absolute atomic E-state index is 0.224. The summed E-state index contributed by atoms with van der Waals surface area (Å²) < 4.78 is 39.4. The molecule has 2 nitrogen and oxygen atoms in total. The third-order valence-corrected chi connectivity index (χ3v) is 3.90. The Kier molecular flexibility index (Phi) is 4.69. The summed E-state index contributed by atoms with van der Waals surface area (Å²) in [6.07, 6.45) is 0. The summed E-state index contributed by atoms with van der Waals surface area (Å²) in [6.45, 7) is -0.826. The first kappa shape index (κ1) is 14.9. The number of hydrogen-bond donors (Lipinski definition) is 2. The molecule has 2 rings (SSSR count). The molecule has 2 N–H and O–H groups in total. The lowest BCUT2D eigenvalue weighted by Gasteiger charge is -2.11. The van der Waals surface area contributed by atoms with E-state index in [1.165, 1.54) is 18.2 Å². The molecule has 0 bridgehead atoms. The van der Waals surface area contributed by atoms with Crippen LogP contribution in [0.15, 0.2) is 40.1 Å². The standard InChI is InChI=1S/C14H11F3O2S/c15-10-1-2-13(8(3-10)6-18)20-14-5-12(17)11(16)4-9(14)7-19/h1-5,18-19H,6-7H2. The number of halogens is 3. The van der Waals surface area contributed by atoms with Gasteiger partial charge in [-0.25, -0.2) is 13.2 Å². The SMILES string of the molecule is OCc1cc(F)ccc1Sc1cc(F)c(F)cc1CO. The van der Waals surface area contributed by atoms with E-state index in [1.807, 2.05) is 0 Å². The molecule has 0 aliphatic heterocycles. The van der Waals surface area contributed by atoms with Crippen LogP contribution >= 0.6 is 11.8 Å². The van der Waals surface area contributed by atoms with E-state index in [0.29, 0.717) is 15.4 Å². The molecule has 0 atom stereocenters. The molecule has 2 aromatic rings. The third-order valence-electron chi connectivity index (χ3n) is 2.69. The van der Waals surface area contributed by atoms with Gasteiger partial charge >= 0.3 is 0 Å². The highest BCUT2D eigenvalue weighted by Gasteiger charge is 2.12. The normalized spacial score (nSPS) is 10.8. The van der Waals surface area contributed by atoms with Crippen molar-refractivity contribution in [1.82, 2.24) is 0 Å². The largest absolute Gasteiger partial charge is 0.392 e. The van der Waals surface area contributed by atoms with Gasteiger partial charge in [0.25, 0.3) is 0 Å². The van der Waals surface area contributed by atoms with Crippen molar-refractivity contribution in [2.24, 2.45) is 0 Å². The molecule has 0 aliphatic carbocycles. The van der Waals surface area contributed by atoms with Crippen LogP contribution in [0.4, 0.5) is 13.2 Å². The smallest absolute Gasteiger partial charge is 0.159 e. The fourth-order valence-electron chi connectivity index (χ4n) is 1.68. The Morgan fingerprint density at radius 3 is 2.05 bits per heavy atom. The van der Waals surface area contributed by atoms with Crippen LogP contribution in [-0.2, 0) is 13.2 Å². The maximum Gasteiger partial charge on any atom is 0.159 e. The van der Waals surface area contributed by atoms with Gasteiger partial charge in [0.05, 0.1) is 13.2 Å². The molecule has 106 valence electrons. The van der Waals surface area contributed by atoms with E-state index in [2.05, 4.69) is 0 Å². The van der Waals surface area contributed by atoms with Crippen LogP contribution in [-0.4, -0.2) is 10.2 Å². The maximum atomic E-state index is 13.3. The van der Waals surface area contributed by atoms with Gasteiger partial charge in [-0.1, -0.05) is 11.8 Å². The number of hydrogen-bond acceptors (Lipinski definition) is 3. The topological polar surface area (TPSA) is 40.5 Å². The molecule has 0 saturated carbocycles. The molecule has 0 heterocycles. The lowest BCUT2D eigenvalue weighted by atomic mass is 10.2. The molecule has 6 heteroatoms. The van der Waals surface area contributed by atoms with Crippen molar-refractivity contribution in [3.8, 4) is 0 Å². The molecule has 2 aromatic carbocycles. The Morgan fingerprint density at radius 1 is 0.800 bits per heavy atom. The molecule has 0 amide bonds. The van der Waals surface area contributed by atoms with Gasteiger partial charge in [0.2, 0.25) is 0 Å². The molecule has 0 unspecified atom stereocenters. The first-order valence-electron chi connectivity index (χ1n) is 5.71. The van der Waals surface area contributed by atoms with Crippen molar-refractivity contribution in [1.29, 1.82) is 0 Å². The van der Waals surface area contributed by atoms with Gasteiger partial charge in [0.15, 0.2) is 11.6 Å². The van der Waals surface area contributed by atoms with E-state index in [9.17, 15) is 23.4 Å². The van der Waals surface area contributed by atoms with Crippen LogP contribution in [0.2, 0.25) is 0 Å². The number of aliphatic hydroxyl groups is 2. The minimum atomic E-state index is -1.04. The van der Waals surface area contributed by atoms with Crippen molar-refractivity contribution >= 4 is 11.8 Å². The minimum Gasteiger partial charge on any atom is -0.392 e. The van der Waals surface area contributed by atoms with E-state index in [-0.39, 0.29) is 12.2 Å². The zero-order valence-corrected chi connectivity index (χ0v) is 11.1. The van der Waals surface area contributed by atoms with E-state index in [0.717, 1.165) is 23.9 Å². The van der Waals surface area contributed by atoms with Gasteiger partial charge in [-0.3, -0.25) is 0 Å². The van der Waals surface area contributed by atoms with Gasteiger partial charge in [0.1, 0.15) is 5.82 Å². The molecule has 0 saturated heterocycles. The second-order valence-corrected chi connectivity index (χ2v) is 5.13. The molecular formula is C14H11F3O2S. The van der Waals surface area contributed by atoms with Crippen molar-refractivity contribution in [2.45, 2.75) is 23.0 Å². The van der Waals surface area contributed by atoms with Gasteiger partial charge in [-0.15, -0.1) is 0 Å². The molecule has 0 fully saturated rings. The fraction of sp³-hybridized carbons (Fsp3) is 0.143. The Balaban J connectivity index is 2.41. The van der Waals surface area contributed by atoms with E-state index < -0.39 is 24.1 Å². The number of rotatable bonds is 4. The highest BCUT2D eigenvalue weighted by Crippen LogP contribution is 2.34. The Hall–Kier alpha value is -1.50. The van der Waals surface area contributed by atoms with Gasteiger partial charge in [-0.05, 0) is 41.5 Å². The molecule has 0 radical (unpaired) electrons. The van der Waals surface area contributed by atoms with Gasteiger partial charge in [0, 0.05) is 9.79 Å². The summed E-state index contributed by atoms with van der Waals surface area (Å²) in [4.78, 5) is 0.822. The second-order valence-electron chi connectivity index (χ2n) is 4.04. The van der Waals surface area contributed by atoms with Crippen LogP contribution in [0.1, 0.15) is 11.1 Å². The summed E-state index contributed by atoms with van der Waals surface area (Å²) in [5.41, 5.74) is 0.561. The van der Waals surface area contributed by atoms with Crippen LogP contribution in [0, 0.1) is 17.5 Å². The molecule has 0 aromatic heterocycles. The molecule has 0 spiro atoms. The van der Waals surface area contributed by atoms with Crippen molar-refractivity contribution in [3.63, 3.8) is 0 Å². The Labute approximate surface area is 117 Å². The maximum absolute atomic E-state index is 13.3. The predicted molar refractivity (Wildman–Crippen MR) is 68.7 cm³/mol. The van der Waals surface area contributed by atoms with Crippen LogP contribution in [0.5, 0.6) is 0 Å². The summed E-state index contributed by atoms with van der Waals surface area (Å²) in [7, 11) is 0. The second kappa shape index (κ2) is 6.30. The fourth-order valence-corrected chi connectivity index (χ4v) is 2.72. The van der Waals surface area contributed by atoms with Crippen LogP contribution in [0.3, 0.4) is 0 Å². The summed E-state index contributed by atoms with van der Waals surface area (Å²) >= 11 is 1.03. The highest BCUT2D eigenvalue weighted by atomic mass is 32.2. The summed E-state index contributed by atoms with van der Waals surface area (Å²) in [6, 6.07) is 5.70. The van der Waals surface area contributed by atoms with Gasteiger partial charge < -0.3 is 10.2 Å². The quantitative estimate of drug-likeness (QED) is 0.910. The van der Waals surface area contributed by atoms with Crippen molar-refractivity contribution in [2.75, 3.05) is 0 Å². The summed E-state index contributed by atoms with van der Waals surface area (Å²) in [5.74, 6) is -2.57. The monoisotopic (exact) mass is 300 g/mol. The average molecular weight is 300 g/mol. The van der Waals surface area contributed by atoms with Crippen LogP contribution in [0.25, 0.3) is 0 Å². The van der Waals surface area contributed by atoms with Crippen molar-refractivity contribution < 1.29 is 23.4 Å². The predicted octanol–water partition coefficient (Wildman–Crippen LogP) is 3.24. The Bertz CT molecular complexity index is 632. The first-order chi connectivity index (χ1) is 9.55. The van der Waals surface area contributed by atoms with E-state index in [1.54, 1.807) is 0 Å².